The zero-order chi connectivity index (χ0) is 11.0. The minimum atomic E-state index is 0. The maximum Gasteiger partial charge on any atom is 0.234 e. The van der Waals surface area contributed by atoms with Gasteiger partial charge in [0, 0.05) is 6.20 Å². The molecule has 17 heavy (non-hydrogen) atoms. The number of nitrogens with zero attached hydrogens (tertiary/aromatic N) is 3. The molecule has 2 aliphatic rings. The smallest absolute Gasteiger partial charge is 0.234 e. The van der Waals surface area contributed by atoms with Crippen molar-refractivity contribution in [2.75, 3.05) is 6.73 Å². The molecule has 0 N–H and O–H groups in total. The number of hydrogen-bond donors (Lipinski definition) is 0. The van der Waals surface area contributed by atoms with Crippen molar-refractivity contribution in [1.82, 2.24) is 4.90 Å². The average molecular weight is 270 g/mol. The Morgan fingerprint density at radius 2 is 2.06 bits per heavy atom. The molecule has 0 aliphatic carbocycles. The normalized spacial score (nSPS) is 16.6. The first-order valence-electron chi connectivity index (χ1n) is 4.82. The number of aliphatic imine (C=N–C) groups is 2. The SMILES string of the molecule is Cl.ClC1=NC2=Nc3ccccc3OCN2C=C1. The summed E-state index contributed by atoms with van der Waals surface area (Å²) in [4.78, 5) is 10.4. The lowest BCUT2D eigenvalue weighted by Crippen LogP contribution is -2.29. The number of allylic oxidation sites excluding steroid dienone is 1. The van der Waals surface area contributed by atoms with Gasteiger partial charge in [-0.3, -0.25) is 4.90 Å². The second-order valence-corrected chi connectivity index (χ2v) is 3.76. The molecule has 0 bridgehead atoms. The minimum Gasteiger partial charge on any atom is -0.470 e. The van der Waals surface area contributed by atoms with Crippen molar-refractivity contribution < 1.29 is 4.74 Å². The van der Waals surface area contributed by atoms with Gasteiger partial charge in [-0.1, -0.05) is 23.7 Å². The van der Waals surface area contributed by atoms with E-state index in [0.29, 0.717) is 17.9 Å². The van der Waals surface area contributed by atoms with Crippen molar-refractivity contribution in [3.8, 4) is 5.75 Å². The highest BCUT2D eigenvalue weighted by atomic mass is 35.5. The highest BCUT2D eigenvalue weighted by molar-refractivity contribution is 6.69. The molecule has 0 fully saturated rings. The van der Waals surface area contributed by atoms with E-state index in [-0.39, 0.29) is 12.4 Å². The molecule has 0 unspecified atom stereocenters. The molecule has 0 aromatic heterocycles. The number of fused-ring (bicyclic) bond motifs is 2. The molecule has 0 spiro atoms. The van der Waals surface area contributed by atoms with Gasteiger partial charge in [0.1, 0.15) is 16.6 Å². The summed E-state index contributed by atoms with van der Waals surface area (Å²) < 4.78 is 5.60. The van der Waals surface area contributed by atoms with Crippen molar-refractivity contribution in [3.05, 3.63) is 36.5 Å². The molecule has 0 atom stereocenters. The van der Waals surface area contributed by atoms with Gasteiger partial charge in [-0.25, -0.2) is 9.98 Å². The zero-order valence-corrected chi connectivity index (χ0v) is 10.3. The standard InChI is InChI=1S/C11H8ClN3O.ClH/c12-10-5-6-15-7-16-9-4-2-1-3-8(9)13-11(15)14-10;/h1-6H,7H2;1H. The molecule has 3 rings (SSSR count). The second-order valence-electron chi connectivity index (χ2n) is 3.37. The monoisotopic (exact) mass is 269 g/mol. The molecule has 0 saturated heterocycles. The molecule has 2 aliphatic heterocycles. The summed E-state index contributed by atoms with van der Waals surface area (Å²) in [6.07, 6.45) is 3.51. The molecule has 0 saturated carbocycles. The molecular weight excluding hydrogens is 261 g/mol. The number of rotatable bonds is 0. The van der Waals surface area contributed by atoms with Crippen LogP contribution in [0.15, 0.2) is 46.5 Å². The Hall–Kier alpha value is -1.52. The van der Waals surface area contributed by atoms with Gasteiger partial charge < -0.3 is 4.74 Å². The summed E-state index contributed by atoms with van der Waals surface area (Å²) in [6.45, 7) is 0.389. The first-order valence-corrected chi connectivity index (χ1v) is 5.20. The van der Waals surface area contributed by atoms with Gasteiger partial charge in [0.2, 0.25) is 5.96 Å². The maximum absolute atomic E-state index is 5.83. The highest BCUT2D eigenvalue weighted by Gasteiger charge is 2.18. The summed E-state index contributed by atoms with van der Waals surface area (Å²) >= 11 is 5.83. The first kappa shape index (κ1) is 12.0. The van der Waals surface area contributed by atoms with Crippen molar-refractivity contribution in [3.63, 3.8) is 0 Å². The Labute approximate surface area is 110 Å². The topological polar surface area (TPSA) is 37.2 Å². The molecule has 88 valence electrons. The Bertz CT molecular complexity index is 525. The number of para-hydroxylation sites is 2. The third-order valence-corrected chi connectivity index (χ3v) is 2.51. The Balaban J connectivity index is 0.00000108. The van der Waals surface area contributed by atoms with E-state index in [1.807, 2.05) is 24.3 Å². The van der Waals surface area contributed by atoms with Gasteiger partial charge in [0.25, 0.3) is 0 Å². The van der Waals surface area contributed by atoms with Crippen LogP contribution < -0.4 is 4.74 Å². The van der Waals surface area contributed by atoms with Crippen LogP contribution in [0.3, 0.4) is 0 Å². The van der Waals surface area contributed by atoms with Crippen LogP contribution in [0.5, 0.6) is 5.75 Å². The molecule has 4 nitrogen and oxygen atoms in total. The molecule has 2 heterocycles. The zero-order valence-electron chi connectivity index (χ0n) is 8.71. The van der Waals surface area contributed by atoms with Gasteiger partial charge in [-0.05, 0) is 18.2 Å². The van der Waals surface area contributed by atoms with Crippen molar-refractivity contribution >= 4 is 40.8 Å². The van der Waals surface area contributed by atoms with Gasteiger partial charge in [-0.2, -0.15) is 0 Å². The molecule has 0 radical (unpaired) electrons. The number of guanidine groups is 1. The fourth-order valence-electron chi connectivity index (χ4n) is 1.52. The van der Waals surface area contributed by atoms with E-state index in [9.17, 15) is 0 Å². The molecule has 1 aromatic rings. The maximum atomic E-state index is 5.83. The molecule has 0 amide bonds. The lowest BCUT2D eigenvalue weighted by atomic mass is 10.3. The summed E-state index contributed by atoms with van der Waals surface area (Å²) in [6, 6.07) is 7.59. The van der Waals surface area contributed by atoms with E-state index < -0.39 is 0 Å². The Kier molecular flexibility index (Phi) is 3.36. The van der Waals surface area contributed by atoms with E-state index in [1.165, 1.54) is 0 Å². The van der Waals surface area contributed by atoms with Gasteiger partial charge in [0.05, 0.1) is 0 Å². The molecular formula is C11H9Cl2N3O. The molecule has 6 heteroatoms. The number of halogens is 2. The van der Waals surface area contributed by atoms with Crippen molar-refractivity contribution in [2.45, 2.75) is 0 Å². The van der Waals surface area contributed by atoms with Crippen LogP contribution in [0, 0.1) is 0 Å². The van der Waals surface area contributed by atoms with Crippen LogP contribution in [-0.4, -0.2) is 22.8 Å². The van der Waals surface area contributed by atoms with E-state index in [2.05, 4.69) is 9.98 Å². The van der Waals surface area contributed by atoms with Gasteiger partial charge in [-0.15, -0.1) is 12.4 Å². The Morgan fingerprint density at radius 1 is 1.24 bits per heavy atom. The third kappa shape index (κ3) is 2.28. The van der Waals surface area contributed by atoms with E-state index in [1.54, 1.807) is 17.2 Å². The first-order chi connectivity index (χ1) is 7.83. The van der Waals surface area contributed by atoms with Crippen molar-refractivity contribution in [1.29, 1.82) is 0 Å². The predicted octanol–water partition coefficient (Wildman–Crippen LogP) is 2.91. The van der Waals surface area contributed by atoms with Gasteiger partial charge in [0.15, 0.2) is 6.73 Å². The van der Waals surface area contributed by atoms with Crippen LogP contribution >= 0.6 is 24.0 Å². The minimum absolute atomic E-state index is 0. The summed E-state index contributed by atoms with van der Waals surface area (Å²) in [5, 5.41) is 0.425. The number of benzene rings is 1. The average Bonchev–Trinajstić information content (AvgIpc) is 2.47. The molecule has 1 aromatic carbocycles. The van der Waals surface area contributed by atoms with Gasteiger partial charge >= 0.3 is 0 Å². The van der Waals surface area contributed by atoms with Crippen LogP contribution in [-0.2, 0) is 0 Å². The number of ether oxygens (including phenoxy) is 1. The fraction of sp³-hybridized carbons (Fsp3) is 0.0909. The van der Waals surface area contributed by atoms with E-state index >= 15 is 0 Å². The van der Waals surface area contributed by atoms with Crippen LogP contribution in [0.2, 0.25) is 0 Å². The predicted molar refractivity (Wildman–Crippen MR) is 70.5 cm³/mol. The second kappa shape index (κ2) is 4.77. The Morgan fingerprint density at radius 3 is 2.94 bits per heavy atom. The van der Waals surface area contributed by atoms with Crippen LogP contribution in [0.1, 0.15) is 0 Å². The van der Waals surface area contributed by atoms with Crippen LogP contribution in [0.4, 0.5) is 5.69 Å². The summed E-state index contributed by atoms with van der Waals surface area (Å²) in [5.41, 5.74) is 0.767. The third-order valence-electron chi connectivity index (χ3n) is 2.30. The van der Waals surface area contributed by atoms with E-state index in [4.69, 9.17) is 16.3 Å². The highest BCUT2D eigenvalue weighted by Crippen LogP contribution is 2.30. The summed E-state index contributed by atoms with van der Waals surface area (Å²) in [7, 11) is 0. The summed E-state index contributed by atoms with van der Waals surface area (Å²) in [5.74, 6) is 1.31. The largest absolute Gasteiger partial charge is 0.470 e. The lowest BCUT2D eigenvalue weighted by Gasteiger charge is -2.19. The fourth-order valence-corrected chi connectivity index (χ4v) is 1.66. The quantitative estimate of drug-likeness (QED) is 0.726. The van der Waals surface area contributed by atoms with E-state index in [0.717, 1.165) is 11.4 Å². The van der Waals surface area contributed by atoms with Crippen molar-refractivity contribution in [2.24, 2.45) is 9.98 Å². The number of hydrogen-bond acceptors (Lipinski definition) is 4. The van der Waals surface area contributed by atoms with Crippen LogP contribution in [0.25, 0.3) is 0 Å². The lowest BCUT2D eigenvalue weighted by molar-refractivity contribution is 0.233.